The van der Waals surface area contributed by atoms with Crippen LogP contribution in [0.5, 0.6) is 0 Å². The number of hydrogen-bond acceptors (Lipinski definition) is 3. The predicted octanol–water partition coefficient (Wildman–Crippen LogP) is 4.11. The normalized spacial score (nSPS) is 10.1. The fraction of sp³-hybridized carbons (Fsp3) is 0.0588. The summed E-state index contributed by atoms with van der Waals surface area (Å²) in [6.45, 7) is 0. The molecule has 1 heterocycles. The molecule has 23 heavy (non-hydrogen) atoms. The van der Waals surface area contributed by atoms with E-state index in [0.717, 1.165) is 21.0 Å². The van der Waals surface area contributed by atoms with Gasteiger partial charge < -0.3 is 5.11 Å². The second-order valence-electron chi connectivity index (χ2n) is 4.73. The molecule has 0 fully saturated rings. The first-order valence-corrected chi connectivity index (χ1v) is 7.86. The van der Waals surface area contributed by atoms with Crippen molar-refractivity contribution < 1.29 is 9.90 Å². The Bertz CT molecular complexity index is 803. The molecule has 0 atom stereocenters. The Balaban J connectivity index is 0.00000192. The molecule has 3 nitrogen and oxygen atoms in total. The maximum atomic E-state index is 11.1. The zero-order valence-electron chi connectivity index (χ0n) is 11.5. The SMILES string of the molecule is O=C(O)Cc1sc(-c2ccccc2)nc1-c1ccc(Cl)cc1.[NaH]. The summed E-state index contributed by atoms with van der Waals surface area (Å²) in [5.41, 5.74) is 2.57. The third kappa shape index (κ3) is 4.43. The summed E-state index contributed by atoms with van der Waals surface area (Å²) < 4.78 is 0. The van der Waals surface area contributed by atoms with E-state index in [9.17, 15) is 4.79 Å². The first-order valence-electron chi connectivity index (χ1n) is 6.66. The Morgan fingerprint density at radius 2 is 1.70 bits per heavy atom. The number of carboxylic acids is 1. The molecule has 3 rings (SSSR count). The molecule has 0 saturated heterocycles. The summed E-state index contributed by atoms with van der Waals surface area (Å²) in [6, 6.07) is 17.0. The Morgan fingerprint density at radius 3 is 2.30 bits per heavy atom. The van der Waals surface area contributed by atoms with Crippen molar-refractivity contribution in [3.63, 3.8) is 0 Å². The molecule has 0 spiro atoms. The molecular formula is C17H13ClNNaO2S. The van der Waals surface area contributed by atoms with Crippen molar-refractivity contribution in [1.82, 2.24) is 4.98 Å². The molecule has 1 aromatic heterocycles. The summed E-state index contributed by atoms with van der Waals surface area (Å²) in [5.74, 6) is -0.863. The fourth-order valence-corrected chi connectivity index (χ4v) is 3.35. The van der Waals surface area contributed by atoms with Crippen molar-refractivity contribution >= 4 is 58.5 Å². The predicted molar refractivity (Wildman–Crippen MR) is 96.5 cm³/mol. The third-order valence-corrected chi connectivity index (χ3v) is 4.50. The average Bonchev–Trinajstić information content (AvgIpc) is 2.92. The van der Waals surface area contributed by atoms with Crippen molar-refractivity contribution in [3.05, 3.63) is 64.5 Å². The molecule has 2 aromatic carbocycles. The molecule has 0 aliphatic heterocycles. The van der Waals surface area contributed by atoms with E-state index < -0.39 is 5.97 Å². The number of hydrogen-bond donors (Lipinski definition) is 1. The maximum absolute atomic E-state index is 11.1. The van der Waals surface area contributed by atoms with Crippen LogP contribution in [0.15, 0.2) is 54.6 Å². The van der Waals surface area contributed by atoms with Crippen molar-refractivity contribution in [2.45, 2.75) is 6.42 Å². The van der Waals surface area contributed by atoms with Gasteiger partial charge in [-0.15, -0.1) is 11.3 Å². The first kappa shape index (κ1) is 18.2. The summed E-state index contributed by atoms with van der Waals surface area (Å²) in [4.78, 5) is 16.5. The van der Waals surface area contributed by atoms with Gasteiger partial charge in [-0.3, -0.25) is 4.79 Å². The summed E-state index contributed by atoms with van der Waals surface area (Å²) in [5, 5.41) is 10.6. The number of carbonyl (C=O) groups is 1. The van der Waals surface area contributed by atoms with E-state index in [0.29, 0.717) is 10.7 Å². The zero-order chi connectivity index (χ0) is 15.5. The van der Waals surface area contributed by atoms with Gasteiger partial charge in [0.2, 0.25) is 0 Å². The average molecular weight is 354 g/mol. The molecule has 0 saturated carbocycles. The monoisotopic (exact) mass is 353 g/mol. The van der Waals surface area contributed by atoms with Crippen LogP contribution in [0.3, 0.4) is 0 Å². The van der Waals surface area contributed by atoms with Crippen molar-refractivity contribution in [2.24, 2.45) is 0 Å². The Morgan fingerprint density at radius 1 is 1.04 bits per heavy atom. The quantitative estimate of drug-likeness (QED) is 0.718. The molecule has 112 valence electrons. The third-order valence-electron chi connectivity index (χ3n) is 3.15. The van der Waals surface area contributed by atoms with Crippen LogP contribution in [-0.2, 0) is 11.2 Å². The van der Waals surface area contributed by atoms with Crippen LogP contribution in [0.2, 0.25) is 5.02 Å². The van der Waals surface area contributed by atoms with Crippen LogP contribution >= 0.6 is 22.9 Å². The number of halogens is 1. The van der Waals surface area contributed by atoms with Gasteiger partial charge in [-0.05, 0) is 12.1 Å². The molecule has 0 unspecified atom stereocenters. The van der Waals surface area contributed by atoms with Gasteiger partial charge in [0.25, 0.3) is 0 Å². The summed E-state index contributed by atoms with van der Waals surface area (Å²) in [7, 11) is 0. The van der Waals surface area contributed by atoms with Crippen LogP contribution in [-0.4, -0.2) is 45.6 Å². The standard InChI is InChI=1S/C17H12ClNO2S.Na.H/c18-13-8-6-11(7-9-13)16-14(10-15(20)21)22-17(19-16)12-4-2-1-3-5-12;;/h1-9H,10H2,(H,20,21);;. The molecule has 6 heteroatoms. The van der Waals surface area contributed by atoms with Gasteiger partial charge in [0.05, 0.1) is 12.1 Å². The van der Waals surface area contributed by atoms with E-state index in [1.165, 1.54) is 11.3 Å². The van der Waals surface area contributed by atoms with Gasteiger partial charge in [-0.1, -0.05) is 54.1 Å². The molecule has 1 N–H and O–H groups in total. The number of aromatic nitrogens is 1. The van der Waals surface area contributed by atoms with Gasteiger partial charge in [0.1, 0.15) is 5.01 Å². The van der Waals surface area contributed by atoms with Gasteiger partial charge in [0, 0.05) is 21.0 Å². The summed E-state index contributed by atoms with van der Waals surface area (Å²) in [6.07, 6.45) is -0.0392. The Hall–Kier alpha value is -1.17. The van der Waals surface area contributed by atoms with E-state index in [1.54, 1.807) is 12.1 Å². The van der Waals surface area contributed by atoms with Gasteiger partial charge >= 0.3 is 35.5 Å². The van der Waals surface area contributed by atoms with Crippen LogP contribution in [0.4, 0.5) is 0 Å². The van der Waals surface area contributed by atoms with Crippen LogP contribution in [0, 0.1) is 0 Å². The number of nitrogens with zero attached hydrogens (tertiary/aromatic N) is 1. The van der Waals surface area contributed by atoms with E-state index in [4.69, 9.17) is 16.7 Å². The van der Waals surface area contributed by atoms with E-state index >= 15 is 0 Å². The molecule has 0 bridgehead atoms. The second-order valence-corrected chi connectivity index (χ2v) is 6.25. The van der Waals surface area contributed by atoms with Crippen molar-refractivity contribution in [2.75, 3.05) is 0 Å². The number of benzene rings is 2. The molecule has 0 aliphatic carbocycles. The van der Waals surface area contributed by atoms with Crippen LogP contribution in [0.25, 0.3) is 21.8 Å². The number of carboxylic acid groups (broad SMARTS) is 1. The van der Waals surface area contributed by atoms with Crippen molar-refractivity contribution in [1.29, 1.82) is 0 Å². The number of aliphatic carboxylic acids is 1. The number of thiazole rings is 1. The van der Waals surface area contributed by atoms with Crippen molar-refractivity contribution in [3.8, 4) is 21.8 Å². The topological polar surface area (TPSA) is 50.2 Å². The molecular weight excluding hydrogens is 341 g/mol. The van der Waals surface area contributed by atoms with E-state index in [1.807, 2.05) is 42.5 Å². The molecule has 3 aromatic rings. The van der Waals surface area contributed by atoms with Crippen LogP contribution < -0.4 is 0 Å². The Labute approximate surface area is 165 Å². The number of rotatable bonds is 4. The van der Waals surface area contributed by atoms with Gasteiger partial charge in [-0.25, -0.2) is 4.98 Å². The zero-order valence-corrected chi connectivity index (χ0v) is 13.1. The Kier molecular flexibility index (Phi) is 6.39. The molecule has 0 aliphatic rings. The molecule has 0 amide bonds. The summed E-state index contributed by atoms with van der Waals surface area (Å²) >= 11 is 7.33. The minimum absolute atomic E-state index is 0. The minimum atomic E-state index is -0.863. The second kappa shape index (κ2) is 8.08. The van der Waals surface area contributed by atoms with Gasteiger partial charge in [0.15, 0.2) is 0 Å². The van der Waals surface area contributed by atoms with E-state index in [2.05, 4.69) is 4.98 Å². The molecule has 0 radical (unpaired) electrons. The first-order chi connectivity index (χ1) is 10.6. The van der Waals surface area contributed by atoms with Crippen LogP contribution in [0.1, 0.15) is 4.88 Å². The van der Waals surface area contributed by atoms with Gasteiger partial charge in [-0.2, -0.15) is 0 Å². The fourth-order valence-electron chi connectivity index (χ4n) is 2.15. The van der Waals surface area contributed by atoms with E-state index in [-0.39, 0.29) is 36.0 Å².